The first-order valence-electron chi connectivity index (χ1n) is 12.5. The summed E-state index contributed by atoms with van der Waals surface area (Å²) < 4.78 is 2.19. The smallest absolute Gasteiger partial charge is 0.235 e. The first-order chi connectivity index (χ1) is 17.0. The number of H-pyrrole nitrogens is 1. The number of hydrogen-bond donors (Lipinski definition) is 1. The predicted molar refractivity (Wildman–Crippen MR) is 143 cm³/mol. The van der Waals surface area contributed by atoms with Crippen molar-refractivity contribution in [3.8, 4) is 11.4 Å². The minimum Gasteiger partial charge on any atom is -0.358 e. The number of carbonyl (C=O) groups is 1. The maximum Gasteiger partial charge on any atom is 0.235 e. The van der Waals surface area contributed by atoms with Gasteiger partial charge in [0.2, 0.25) is 5.91 Å². The second kappa shape index (κ2) is 10.3. The van der Waals surface area contributed by atoms with Gasteiger partial charge in [0, 0.05) is 41.8 Å². The molecule has 1 aliphatic rings. The van der Waals surface area contributed by atoms with Gasteiger partial charge in [-0.25, -0.2) is 0 Å². The fraction of sp³-hybridized carbons (Fsp3) is 0.393. The molecule has 1 aliphatic heterocycles. The molecule has 5 rings (SSSR count). The second-order valence-electron chi connectivity index (χ2n) is 9.47. The maximum atomic E-state index is 13.1. The molecule has 0 aliphatic carbocycles. The lowest BCUT2D eigenvalue weighted by atomic mass is 10.1. The van der Waals surface area contributed by atoms with Gasteiger partial charge in [-0.05, 0) is 75.8 Å². The van der Waals surface area contributed by atoms with Crippen LogP contribution in [0.15, 0.2) is 53.7 Å². The van der Waals surface area contributed by atoms with Gasteiger partial charge < -0.3 is 14.5 Å². The Bertz CT molecular complexity index is 1320. The molecule has 7 heteroatoms. The second-order valence-corrected chi connectivity index (χ2v) is 10.8. The van der Waals surface area contributed by atoms with E-state index in [0.29, 0.717) is 0 Å². The van der Waals surface area contributed by atoms with Crippen LogP contribution in [0.3, 0.4) is 0 Å². The van der Waals surface area contributed by atoms with Crippen LogP contribution in [0.4, 0.5) is 0 Å². The lowest BCUT2D eigenvalue weighted by molar-refractivity contribution is -0.131. The van der Waals surface area contributed by atoms with Crippen molar-refractivity contribution in [2.45, 2.75) is 63.4 Å². The van der Waals surface area contributed by atoms with Crippen molar-refractivity contribution in [3.63, 3.8) is 0 Å². The summed E-state index contributed by atoms with van der Waals surface area (Å²) in [5, 5.41) is 11.0. The van der Waals surface area contributed by atoms with Crippen LogP contribution in [0.2, 0.25) is 0 Å². The standard InChI is InChI=1S/C28H33N5OS/c1-19-20(2)29-25-13-12-23(18-24(19)25)26-30-31-28(33(26)17-14-22-10-6-4-7-11-22)35-21(3)27(34)32-15-8-5-9-16-32/h4,6-7,10-13,18,21,29H,5,8-9,14-17H2,1-3H3. The fourth-order valence-electron chi connectivity index (χ4n) is 4.86. The summed E-state index contributed by atoms with van der Waals surface area (Å²) in [6.07, 6.45) is 4.29. The van der Waals surface area contributed by atoms with E-state index in [9.17, 15) is 4.79 Å². The number of piperidine rings is 1. The Hall–Kier alpha value is -3.06. The molecule has 1 N–H and O–H groups in total. The number of aromatic nitrogens is 4. The molecular formula is C28H33N5OS. The Morgan fingerprint density at radius 1 is 1.06 bits per heavy atom. The molecule has 0 spiro atoms. The molecular weight excluding hydrogens is 454 g/mol. The van der Waals surface area contributed by atoms with Crippen molar-refractivity contribution in [2.75, 3.05) is 13.1 Å². The summed E-state index contributed by atoms with van der Waals surface area (Å²) in [5.74, 6) is 1.05. The van der Waals surface area contributed by atoms with E-state index < -0.39 is 0 Å². The Morgan fingerprint density at radius 3 is 2.60 bits per heavy atom. The van der Waals surface area contributed by atoms with Gasteiger partial charge in [0.15, 0.2) is 11.0 Å². The van der Waals surface area contributed by atoms with Gasteiger partial charge in [0.25, 0.3) is 0 Å². The number of fused-ring (bicyclic) bond motifs is 1. The first-order valence-corrected chi connectivity index (χ1v) is 13.4. The van der Waals surface area contributed by atoms with Gasteiger partial charge in [0.05, 0.1) is 5.25 Å². The zero-order chi connectivity index (χ0) is 24.4. The van der Waals surface area contributed by atoms with E-state index in [2.05, 4.69) is 76.1 Å². The largest absolute Gasteiger partial charge is 0.358 e. The van der Waals surface area contributed by atoms with Crippen LogP contribution in [-0.2, 0) is 17.8 Å². The highest BCUT2D eigenvalue weighted by Crippen LogP contribution is 2.31. The first kappa shape index (κ1) is 23.7. The molecule has 4 aromatic rings. The van der Waals surface area contributed by atoms with E-state index >= 15 is 0 Å². The molecule has 182 valence electrons. The van der Waals surface area contributed by atoms with Gasteiger partial charge in [-0.15, -0.1) is 10.2 Å². The van der Waals surface area contributed by atoms with Crippen molar-refractivity contribution in [3.05, 3.63) is 65.4 Å². The maximum absolute atomic E-state index is 13.1. The average molecular weight is 488 g/mol. The van der Waals surface area contributed by atoms with Crippen molar-refractivity contribution in [2.24, 2.45) is 0 Å². The lowest BCUT2D eigenvalue weighted by Gasteiger charge is -2.28. The summed E-state index contributed by atoms with van der Waals surface area (Å²) in [5.41, 5.74) is 5.89. The third-order valence-electron chi connectivity index (χ3n) is 7.05. The molecule has 35 heavy (non-hydrogen) atoms. The number of rotatable bonds is 7. The van der Waals surface area contributed by atoms with Crippen LogP contribution in [-0.4, -0.2) is 48.9 Å². The highest BCUT2D eigenvalue weighted by molar-refractivity contribution is 8.00. The highest BCUT2D eigenvalue weighted by atomic mass is 32.2. The SMILES string of the molecule is Cc1[nH]c2ccc(-c3nnc(SC(C)C(=O)N4CCCCC4)n3CCc3ccccc3)cc2c1C. The Morgan fingerprint density at radius 2 is 1.83 bits per heavy atom. The molecule has 1 atom stereocenters. The summed E-state index contributed by atoms with van der Waals surface area (Å²) in [6, 6.07) is 16.9. The highest BCUT2D eigenvalue weighted by Gasteiger charge is 2.26. The molecule has 3 heterocycles. The van der Waals surface area contributed by atoms with Gasteiger partial charge in [-0.1, -0.05) is 42.1 Å². The minimum absolute atomic E-state index is 0.197. The number of nitrogens with one attached hydrogen (secondary N) is 1. The molecule has 0 saturated carbocycles. The van der Waals surface area contributed by atoms with E-state index in [0.717, 1.165) is 61.0 Å². The number of hydrogen-bond acceptors (Lipinski definition) is 4. The van der Waals surface area contributed by atoms with Gasteiger partial charge in [-0.3, -0.25) is 4.79 Å². The molecule has 1 unspecified atom stereocenters. The summed E-state index contributed by atoms with van der Waals surface area (Å²) >= 11 is 1.53. The number of aromatic amines is 1. The van der Waals surface area contributed by atoms with E-state index in [1.54, 1.807) is 0 Å². The zero-order valence-corrected chi connectivity index (χ0v) is 21.6. The van der Waals surface area contributed by atoms with Crippen LogP contribution in [0, 0.1) is 13.8 Å². The predicted octanol–water partition coefficient (Wildman–Crippen LogP) is 5.78. The summed E-state index contributed by atoms with van der Waals surface area (Å²) in [4.78, 5) is 18.6. The number of thioether (sulfide) groups is 1. The molecule has 0 radical (unpaired) electrons. The molecule has 1 saturated heterocycles. The quantitative estimate of drug-likeness (QED) is 0.336. The van der Waals surface area contributed by atoms with Crippen molar-refractivity contribution in [1.82, 2.24) is 24.6 Å². The Kier molecular flexibility index (Phi) is 6.95. The van der Waals surface area contributed by atoms with Crippen LogP contribution in [0.1, 0.15) is 43.0 Å². The van der Waals surface area contributed by atoms with Crippen LogP contribution in [0.5, 0.6) is 0 Å². The van der Waals surface area contributed by atoms with E-state index in [-0.39, 0.29) is 11.2 Å². The number of nitrogens with zero attached hydrogens (tertiary/aromatic N) is 4. The molecule has 0 bridgehead atoms. The van der Waals surface area contributed by atoms with E-state index in [1.807, 2.05) is 17.9 Å². The average Bonchev–Trinajstić information content (AvgIpc) is 3.42. The van der Waals surface area contributed by atoms with Crippen molar-refractivity contribution < 1.29 is 4.79 Å². The van der Waals surface area contributed by atoms with Gasteiger partial charge in [-0.2, -0.15) is 0 Å². The van der Waals surface area contributed by atoms with E-state index in [1.165, 1.54) is 40.4 Å². The number of amides is 1. The molecule has 1 amide bonds. The third-order valence-corrected chi connectivity index (χ3v) is 8.12. The number of carbonyl (C=O) groups excluding carboxylic acids is 1. The number of aryl methyl sites for hydroxylation is 3. The summed E-state index contributed by atoms with van der Waals surface area (Å²) in [6.45, 7) is 8.73. The number of benzene rings is 2. The molecule has 2 aromatic heterocycles. The van der Waals surface area contributed by atoms with Gasteiger partial charge in [0.1, 0.15) is 0 Å². The van der Waals surface area contributed by atoms with Crippen molar-refractivity contribution in [1.29, 1.82) is 0 Å². The number of likely N-dealkylation sites (tertiary alicyclic amines) is 1. The lowest BCUT2D eigenvalue weighted by Crippen LogP contribution is -2.40. The zero-order valence-electron chi connectivity index (χ0n) is 20.8. The van der Waals surface area contributed by atoms with Gasteiger partial charge >= 0.3 is 0 Å². The third kappa shape index (κ3) is 5.01. The molecule has 6 nitrogen and oxygen atoms in total. The van der Waals surface area contributed by atoms with Crippen LogP contribution < -0.4 is 0 Å². The molecule has 2 aromatic carbocycles. The fourth-order valence-corrected chi connectivity index (χ4v) is 5.82. The Balaban J connectivity index is 1.46. The molecule has 1 fully saturated rings. The van der Waals surface area contributed by atoms with E-state index in [4.69, 9.17) is 0 Å². The Labute approximate surface area is 211 Å². The van der Waals surface area contributed by atoms with Crippen LogP contribution >= 0.6 is 11.8 Å². The minimum atomic E-state index is -0.197. The topological polar surface area (TPSA) is 66.8 Å². The normalized spacial score (nSPS) is 15.0. The van der Waals surface area contributed by atoms with Crippen molar-refractivity contribution >= 4 is 28.6 Å². The monoisotopic (exact) mass is 487 g/mol. The summed E-state index contributed by atoms with van der Waals surface area (Å²) in [7, 11) is 0. The van der Waals surface area contributed by atoms with Crippen LogP contribution in [0.25, 0.3) is 22.3 Å².